The zero-order valence-electron chi connectivity index (χ0n) is 10.5. The minimum Gasteiger partial charge on any atom is -0.316 e. The molecule has 3 atom stereocenters. The average Bonchev–Trinajstić information content (AvgIpc) is 2.89. The predicted molar refractivity (Wildman–Crippen MR) is 71.1 cm³/mol. The molecule has 0 saturated carbocycles. The van der Waals surface area contributed by atoms with Gasteiger partial charge in [-0.3, -0.25) is 4.90 Å². The van der Waals surface area contributed by atoms with Crippen molar-refractivity contribution in [2.75, 3.05) is 19.6 Å². The van der Waals surface area contributed by atoms with E-state index in [9.17, 15) is 4.39 Å². The average molecular weight is 269 g/mol. The van der Waals surface area contributed by atoms with E-state index in [0.717, 1.165) is 25.6 Å². The van der Waals surface area contributed by atoms with Crippen LogP contribution < -0.4 is 5.32 Å². The molecular weight excluding hydrogens is 251 g/mol. The van der Waals surface area contributed by atoms with Crippen molar-refractivity contribution in [2.24, 2.45) is 11.8 Å². The van der Waals surface area contributed by atoms with Crippen LogP contribution in [0.1, 0.15) is 12.5 Å². The van der Waals surface area contributed by atoms with Crippen LogP contribution in [0, 0.1) is 17.7 Å². The van der Waals surface area contributed by atoms with Gasteiger partial charge < -0.3 is 5.32 Å². The third kappa shape index (κ3) is 2.15. The van der Waals surface area contributed by atoms with Crippen LogP contribution in [0.4, 0.5) is 4.39 Å². The largest absolute Gasteiger partial charge is 0.316 e. The van der Waals surface area contributed by atoms with Crippen molar-refractivity contribution in [1.82, 2.24) is 10.2 Å². The molecule has 0 spiro atoms. The Balaban J connectivity index is 1.75. The molecule has 2 fully saturated rings. The molecule has 2 saturated heterocycles. The molecule has 1 aromatic rings. The summed E-state index contributed by atoms with van der Waals surface area (Å²) in [6.07, 6.45) is 0. The maximum Gasteiger partial charge on any atom is 0.127 e. The number of nitrogens with zero attached hydrogens (tertiary/aromatic N) is 1. The summed E-state index contributed by atoms with van der Waals surface area (Å²) >= 11 is 5.94. The predicted octanol–water partition coefficient (Wildman–Crippen LogP) is 2.52. The second kappa shape index (κ2) is 4.80. The lowest BCUT2D eigenvalue weighted by Crippen LogP contribution is -2.33. The van der Waals surface area contributed by atoms with Crippen LogP contribution >= 0.6 is 11.6 Å². The molecule has 1 N–H and O–H groups in total. The van der Waals surface area contributed by atoms with Crippen LogP contribution in [0.25, 0.3) is 0 Å². The highest BCUT2D eigenvalue weighted by Crippen LogP contribution is 2.33. The van der Waals surface area contributed by atoms with Gasteiger partial charge in [0.2, 0.25) is 0 Å². The van der Waals surface area contributed by atoms with Gasteiger partial charge >= 0.3 is 0 Å². The summed E-state index contributed by atoms with van der Waals surface area (Å²) < 4.78 is 13.7. The van der Waals surface area contributed by atoms with Crippen molar-refractivity contribution in [3.05, 3.63) is 34.6 Å². The lowest BCUT2D eigenvalue weighted by Gasteiger charge is -2.24. The number of likely N-dealkylation sites (tertiary alicyclic amines) is 1. The Kier molecular flexibility index (Phi) is 3.31. The highest BCUT2D eigenvalue weighted by molar-refractivity contribution is 6.30. The summed E-state index contributed by atoms with van der Waals surface area (Å²) in [6, 6.07) is 5.33. The highest BCUT2D eigenvalue weighted by atomic mass is 35.5. The second-order valence-electron chi connectivity index (χ2n) is 5.49. The molecule has 2 nitrogen and oxygen atoms in total. The van der Waals surface area contributed by atoms with Gasteiger partial charge in [0.05, 0.1) is 0 Å². The van der Waals surface area contributed by atoms with E-state index in [4.69, 9.17) is 11.6 Å². The Morgan fingerprint density at radius 3 is 3.06 bits per heavy atom. The molecule has 18 heavy (non-hydrogen) atoms. The van der Waals surface area contributed by atoms with Gasteiger partial charge in [0, 0.05) is 29.7 Å². The Morgan fingerprint density at radius 1 is 1.44 bits per heavy atom. The molecule has 98 valence electrons. The number of fused-ring (bicyclic) bond motifs is 1. The zero-order valence-corrected chi connectivity index (χ0v) is 11.3. The summed E-state index contributed by atoms with van der Waals surface area (Å²) in [7, 11) is 0. The summed E-state index contributed by atoms with van der Waals surface area (Å²) in [5.41, 5.74) is 0.710. The van der Waals surface area contributed by atoms with E-state index in [2.05, 4.69) is 17.1 Å². The minimum atomic E-state index is -0.151. The zero-order chi connectivity index (χ0) is 12.7. The quantitative estimate of drug-likeness (QED) is 0.887. The molecule has 3 unspecified atom stereocenters. The molecule has 0 radical (unpaired) electrons. The summed E-state index contributed by atoms with van der Waals surface area (Å²) in [5.74, 6) is 1.29. The van der Waals surface area contributed by atoms with E-state index >= 15 is 0 Å². The smallest absolute Gasteiger partial charge is 0.127 e. The van der Waals surface area contributed by atoms with Crippen molar-refractivity contribution in [1.29, 1.82) is 0 Å². The number of benzene rings is 1. The third-order valence-corrected chi connectivity index (χ3v) is 4.67. The molecule has 4 heteroatoms. The van der Waals surface area contributed by atoms with Crippen molar-refractivity contribution in [3.8, 4) is 0 Å². The van der Waals surface area contributed by atoms with Gasteiger partial charge in [0.25, 0.3) is 0 Å². The Labute approximate surface area is 112 Å². The SMILES string of the molecule is CC1C2CNCC2CN1Cc1cc(Cl)ccc1F. The van der Waals surface area contributed by atoms with Crippen molar-refractivity contribution in [3.63, 3.8) is 0 Å². The van der Waals surface area contributed by atoms with Crippen molar-refractivity contribution in [2.45, 2.75) is 19.5 Å². The molecule has 3 rings (SSSR count). The molecule has 2 aliphatic heterocycles. The first kappa shape index (κ1) is 12.4. The fraction of sp³-hybridized carbons (Fsp3) is 0.571. The van der Waals surface area contributed by atoms with E-state index < -0.39 is 0 Å². The number of rotatable bonds is 2. The molecule has 0 amide bonds. The lowest BCUT2D eigenvalue weighted by molar-refractivity contribution is 0.228. The monoisotopic (exact) mass is 268 g/mol. The Bertz CT molecular complexity index is 451. The molecule has 0 aromatic heterocycles. The van der Waals surface area contributed by atoms with Crippen LogP contribution in [0.2, 0.25) is 5.02 Å². The van der Waals surface area contributed by atoms with Crippen LogP contribution in [0.5, 0.6) is 0 Å². The van der Waals surface area contributed by atoms with Crippen LogP contribution in [-0.4, -0.2) is 30.6 Å². The van der Waals surface area contributed by atoms with Crippen LogP contribution in [0.15, 0.2) is 18.2 Å². The fourth-order valence-corrected chi connectivity index (χ4v) is 3.54. The van der Waals surface area contributed by atoms with Gasteiger partial charge in [-0.1, -0.05) is 11.6 Å². The summed E-state index contributed by atoms with van der Waals surface area (Å²) in [6.45, 7) is 6.18. The molecule has 1 aromatic carbocycles. The van der Waals surface area contributed by atoms with Crippen molar-refractivity contribution < 1.29 is 4.39 Å². The number of hydrogen-bond donors (Lipinski definition) is 1. The topological polar surface area (TPSA) is 15.3 Å². The molecular formula is C14H18ClFN2. The number of hydrogen-bond acceptors (Lipinski definition) is 2. The normalized spacial score (nSPS) is 31.8. The van der Waals surface area contributed by atoms with E-state index in [1.54, 1.807) is 12.1 Å². The summed E-state index contributed by atoms with van der Waals surface area (Å²) in [5, 5.41) is 4.05. The second-order valence-corrected chi connectivity index (χ2v) is 5.92. The third-order valence-electron chi connectivity index (χ3n) is 4.44. The first-order valence-corrected chi connectivity index (χ1v) is 6.91. The van der Waals surface area contributed by atoms with Gasteiger partial charge in [-0.05, 0) is 50.0 Å². The van der Waals surface area contributed by atoms with E-state index in [0.29, 0.717) is 29.1 Å². The maximum atomic E-state index is 13.7. The first-order valence-electron chi connectivity index (χ1n) is 6.54. The van der Waals surface area contributed by atoms with E-state index in [1.807, 2.05) is 0 Å². The van der Waals surface area contributed by atoms with Crippen LogP contribution in [-0.2, 0) is 6.54 Å². The molecule has 0 bridgehead atoms. The van der Waals surface area contributed by atoms with Crippen molar-refractivity contribution >= 4 is 11.6 Å². The fourth-order valence-electron chi connectivity index (χ4n) is 3.35. The lowest BCUT2D eigenvalue weighted by atomic mass is 9.95. The standard InChI is InChI=1S/C14H18ClFN2/c1-9-13-6-17-5-11(13)8-18(9)7-10-4-12(15)2-3-14(10)16/h2-4,9,11,13,17H,5-8H2,1H3. The molecule has 0 aliphatic carbocycles. The Morgan fingerprint density at radius 2 is 2.28 bits per heavy atom. The van der Waals surface area contributed by atoms with Gasteiger partial charge in [0.1, 0.15) is 5.82 Å². The van der Waals surface area contributed by atoms with Crippen LogP contribution in [0.3, 0.4) is 0 Å². The maximum absolute atomic E-state index is 13.7. The first-order chi connectivity index (χ1) is 8.65. The number of nitrogens with one attached hydrogen (secondary N) is 1. The van der Waals surface area contributed by atoms with Gasteiger partial charge in [-0.15, -0.1) is 0 Å². The van der Waals surface area contributed by atoms with Gasteiger partial charge in [0.15, 0.2) is 0 Å². The van der Waals surface area contributed by atoms with E-state index in [-0.39, 0.29) is 5.82 Å². The van der Waals surface area contributed by atoms with Gasteiger partial charge in [-0.2, -0.15) is 0 Å². The summed E-state index contributed by atoms with van der Waals surface area (Å²) in [4.78, 5) is 2.38. The van der Waals surface area contributed by atoms with Gasteiger partial charge in [-0.25, -0.2) is 4.39 Å². The highest BCUT2D eigenvalue weighted by Gasteiger charge is 2.41. The minimum absolute atomic E-state index is 0.151. The number of halogens is 2. The Hall–Kier alpha value is -0.640. The molecule has 2 heterocycles. The molecule has 2 aliphatic rings. The van der Waals surface area contributed by atoms with E-state index in [1.165, 1.54) is 6.07 Å².